The van der Waals surface area contributed by atoms with Gasteiger partial charge in [0.1, 0.15) is 5.75 Å². The summed E-state index contributed by atoms with van der Waals surface area (Å²) in [6.45, 7) is 1.82. The van der Waals surface area contributed by atoms with Crippen LogP contribution in [0, 0.1) is 6.92 Å². The van der Waals surface area contributed by atoms with Crippen LogP contribution in [0.4, 0.5) is 5.69 Å². The summed E-state index contributed by atoms with van der Waals surface area (Å²) >= 11 is 5.75. The number of rotatable bonds is 4. The summed E-state index contributed by atoms with van der Waals surface area (Å²) in [6.07, 6.45) is 0. The standard InChI is InChI=1S/C14H14ClNO3S/c1-10-3-6-12(19-2)9-14(10)16-20(17,18)13-7-4-11(15)5-8-13/h3-9,16H,1-2H3. The quantitative estimate of drug-likeness (QED) is 0.940. The lowest BCUT2D eigenvalue weighted by Crippen LogP contribution is -2.13. The summed E-state index contributed by atoms with van der Waals surface area (Å²) in [7, 11) is -2.11. The Kier molecular flexibility index (Phi) is 4.20. The maximum atomic E-state index is 12.3. The van der Waals surface area contributed by atoms with E-state index in [4.69, 9.17) is 16.3 Å². The molecule has 0 aliphatic rings. The smallest absolute Gasteiger partial charge is 0.261 e. The number of benzene rings is 2. The highest BCUT2D eigenvalue weighted by Crippen LogP contribution is 2.25. The van der Waals surface area contributed by atoms with Gasteiger partial charge in [0.2, 0.25) is 0 Å². The Bertz CT molecular complexity index is 712. The molecule has 0 amide bonds. The Morgan fingerprint density at radius 2 is 1.75 bits per heavy atom. The fraction of sp³-hybridized carbons (Fsp3) is 0.143. The molecular weight excluding hydrogens is 298 g/mol. The first-order chi connectivity index (χ1) is 9.42. The summed E-state index contributed by atoms with van der Waals surface area (Å²) in [5.41, 5.74) is 1.29. The molecule has 0 aliphatic heterocycles. The molecule has 0 fully saturated rings. The van der Waals surface area contributed by atoms with E-state index in [2.05, 4.69) is 4.72 Å². The van der Waals surface area contributed by atoms with Crippen LogP contribution in [0.15, 0.2) is 47.4 Å². The third kappa shape index (κ3) is 3.23. The zero-order valence-electron chi connectivity index (χ0n) is 11.1. The lowest BCUT2D eigenvalue weighted by molar-refractivity contribution is 0.415. The van der Waals surface area contributed by atoms with E-state index in [1.807, 2.05) is 6.92 Å². The monoisotopic (exact) mass is 311 g/mol. The Morgan fingerprint density at radius 1 is 1.10 bits per heavy atom. The molecule has 2 aromatic carbocycles. The van der Waals surface area contributed by atoms with Crippen LogP contribution in [0.2, 0.25) is 5.02 Å². The van der Waals surface area contributed by atoms with Crippen LogP contribution in [-0.4, -0.2) is 15.5 Å². The van der Waals surface area contributed by atoms with Gasteiger partial charge in [-0.1, -0.05) is 17.7 Å². The molecule has 4 nitrogen and oxygen atoms in total. The Labute approximate surface area is 123 Å². The van der Waals surface area contributed by atoms with Crippen LogP contribution in [-0.2, 0) is 10.0 Å². The molecular formula is C14H14ClNO3S. The molecule has 0 atom stereocenters. The van der Waals surface area contributed by atoms with Gasteiger partial charge in [0.25, 0.3) is 10.0 Å². The molecule has 0 aromatic heterocycles. The summed E-state index contributed by atoms with van der Waals surface area (Å²) in [6, 6.07) is 11.2. The third-order valence-corrected chi connectivity index (χ3v) is 4.45. The van der Waals surface area contributed by atoms with Crippen molar-refractivity contribution in [3.8, 4) is 5.75 Å². The number of sulfonamides is 1. The third-order valence-electron chi connectivity index (χ3n) is 2.81. The van der Waals surface area contributed by atoms with Crippen LogP contribution < -0.4 is 9.46 Å². The summed E-state index contributed by atoms with van der Waals surface area (Å²) in [4.78, 5) is 0.157. The van der Waals surface area contributed by atoms with E-state index in [0.717, 1.165) is 5.56 Å². The van der Waals surface area contributed by atoms with Gasteiger partial charge in [-0.2, -0.15) is 0 Å². The van der Waals surface area contributed by atoms with Crippen molar-refractivity contribution in [2.45, 2.75) is 11.8 Å². The van der Waals surface area contributed by atoms with Crippen molar-refractivity contribution >= 4 is 27.3 Å². The van der Waals surface area contributed by atoms with Gasteiger partial charge in [0.05, 0.1) is 17.7 Å². The fourth-order valence-corrected chi connectivity index (χ4v) is 2.90. The van der Waals surface area contributed by atoms with Crippen molar-refractivity contribution in [3.63, 3.8) is 0 Å². The summed E-state index contributed by atoms with van der Waals surface area (Å²) in [5.74, 6) is 0.587. The van der Waals surface area contributed by atoms with Gasteiger partial charge in [-0.25, -0.2) is 8.42 Å². The Morgan fingerprint density at radius 3 is 2.35 bits per heavy atom. The Balaban J connectivity index is 2.35. The first kappa shape index (κ1) is 14.7. The highest BCUT2D eigenvalue weighted by molar-refractivity contribution is 7.92. The van der Waals surface area contributed by atoms with Crippen molar-refractivity contribution in [1.29, 1.82) is 0 Å². The van der Waals surface area contributed by atoms with E-state index in [-0.39, 0.29) is 4.90 Å². The second-order valence-electron chi connectivity index (χ2n) is 4.24. The predicted molar refractivity (Wildman–Crippen MR) is 80.0 cm³/mol. The molecule has 0 saturated carbocycles. The fourth-order valence-electron chi connectivity index (χ4n) is 1.66. The zero-order chi connectivity index (χ0) is 14.8. The highest BCUT2D eigenvalue weighted by atomic mass is 35.5. The predicted octanol–water partition coefficient (Wildman–Crippen LogP) is 3.46. The van der Waals surface area contributed by atoms with Gasteiger partial charge in [-0.05, 0) is 42.8 Å². The van der Waals surface area contributed by atoms with Crippen LogP contribution in [0.5, 0.6) is 5.75 Å². The molecule has 0 heterocycles. The number of hydrogen-bond donors (Lipinski definition) is 1. The molecule has 0 aliphatic carbocycles. The van der Waals surface area contributed by atoms with Crippen LogP contribution in [0.1, 0.15) is 5.56 Å². The van der Waals surface area contributed by atoms with E-state index in [1.165, 1.54) is 31.4 Å². The maximum Gasteiger partial charge on any atom is 0.261 e. The first-order valence-corrected chi connectivity index (χ1v) is 7.71. The van der Waals surface area contributed by atoms with Crippen LogP contribution in [0.25, 0.3) is 0 Å². The zero-order valence-corrected chi connectivity index (χ0v) is 12.6. The second kappa shape index (κ2) is 5.73. The SMILES string of the molecule is COc1ccc(C)c(NS(=O)(=O)c2ccc(Cl)cc2)c1. The molecule has 0 radical (unpaired) electrons. The van der Waals surface area contributed by atoms with Crippen molar-refractivity contribution in [2.75, 3.05) is 11.8 Å². The molecule has 0 unspecified atom stereocenters. The van der Waals surface area contributed by atoms with E-state index < -0.39 is 10.0 Å². The van der Waals surface area contributed by atoms with E-state index in [0.29, 0.717) is 16.5 Å². The van der Waals surface area contributed by atoms with E-state index in [9.17, 15) is 8.42 Å². The molecule has 2 rings (SSSR count). The molecule has 0 bridgehead atoms. The maximum absolute atomic E-state index is 12.3. The molecule has 106 valence electrons. The van der Waals surface area contributed by atoms with Crippen molar-refractivity contribution in [2.24, 2.45) is 0 Å². The normalized spacial score (nSPS) is 11.2. The lowest BCUT2D eigenvalue weighted by atomic mass is 10.2. The van der Waals surface area contributed by atoms with Crippen molar-refractivity contribution in [1.82, 2.24) is 0 Å². The molecule has 20 heavy (non-hydrogen) atoms. The topological polar surface area (TPSA) is 55.4 Å². The number of hydrogen-bond acceptors (Lipinski definition) is 3. The van der Waals surface area contributed by atoms with Crippen LogP contribution in [0.3, 0.4) is 0 Å². The van der Waals surface area contributed by atoms with Crippen molar-refractivity contribution < 1.29 is 13.2 Å². The van der Waals surface area contributed by atoms with Gasteiger partial charge < -0.3 is 4.74 Å². The molecule has 1 N–H and O–H groups in total. The molecule has 2 aromatic rings. The summed E-state index contributed by atoms with van der Waals surface area (Å²) < 4.78 is 32.2. The van der Waals surface area contributed by atoms with Gasteiger partial charge >= 0.3 is 0 Å². The van der Waals surface area contributed by atoms with Gasteiger partial charge in [-0.3, -0.25) is 4.72 Å². The summed E-state index contributed by atoms with van der Waals surface area (Å²) in [5, 5.41) is 0.488. The van der Waals surface area contributed by atoms with E-state index in [1.54, 1.807) is 18.2 Å². The van der Waals surface area contributed by atoms with Gasteiger partial charge in [-0.15, -0.1) is 0 Å². The lowest BCUT2D eigenvalue weighted by Gasteiger charge is -2.12. The van der Waals surface area contributed by atoms with Crippen molar-refractivity contribution in [3.05, 3.63) is 53.1 Å². The number of ether oxygens (including phenoxy) is 1. The largest absolute Gasteiger partial charge is 0.497 e. The first-order valence-electron chi connectivity index (χ1n) is 5.85. The average Bonchev–Trinajstić information content (AvgIpc) is 2.41. The highest BCUT2D eigenvalue weighted by Gasteiger charge is 2.15. The minimum Gasteiger partial charge on any atom is -0.497 e. The second-order valence-corrected chi connectivity index (χ2v) is 6.36. The number of methoxy groups -OCH3 is 1. The number of halogens is 1. The Hall–Kier alpha value is -1.72. The average molecular weight is 312 g/mol. The van der Waals surface area contributed by atoms with Gasteiger partial charge in [0, 0.05) is 11.1 Å². The molecule has 0 spiro atoms. The number of aryl methyl sites for hydroxylation is 1. The van der Waals surface area contributed by atoms with E-state index >= 15 is 0 Å². The number of anilines is 1. The minimum absolute atomic E-state index is 0.157. The van der Waals surface area contributed by atoms with Crippen LogP contribution >= 0.6 is 11.6 Å². The number of nitrogens with one attached hydrogen (secondary N) is 1. The molecule has 6 heteroatoms. The van der Waals surface area contributed by atoms with Gasteiger partial charge in [0.15, 0.2) is 0 Å². The minimum atomic E-state index is -3.64. The molecule has 0 saturated heterocycles.